The van der Waals surface area contributed by atoms with Gasteiger partial charge in [-0.3, -0.25) is 19.1 Å². The molecule has 31 heavy (non-hydrogen) atoms. The number of carbonyl (C=O) groups is 3. The summed E-state index contributed by atoms with van der Waals surface area (Å²) in [6.07, 6.45) is 0.966. The molecule has 0 bridgehead atoms. The van der Waals surface area contributed by atoms with E-state index in [1.165, 1.54) is 0 Å². The number of hydrogen-bond acceptors (Lipinski definition) is 9. The highest BCUT2D eigenvalue weighted by molar-refractivity contribution is 7.90. The van der Waals surface area contributed by atoms with Crippen molar-refractivity contribution < 1.29 is 37.0 Å². The summed E-state index contributed by atoms with van der Waals surface area (Å²) < 4.78 is 41.2. The molecule has 0 aliphatic rings. The molecular formula is C18H36N4O8S. The van der Waals surface area contributed by atoms with E-state index in [1.807, 2.05) is 4.72 Å². The standard InChI is InChI=1S/C18H36N4O8S/c19-7-2-9-28-11-13-30-14-12-29-10-3-8-21-17(24)5-6-18(25)22-31(26,27)15-1-4-16(20)23/h1-15,19H2,(H2,20,23)(H,21,24)(H,22,25). The monoisotopic (exact) mass is 468 g/mol. The number of ether oxygens (including phenoxy) is 3. The molecule has 6 N–H and O–H groups in total. The number of carbonyl (C=O) groups excluding carboxylic acids is 3. The topological polar surface area (TPSA) is 189 Å². The molecule has 0 aromatic rings. The predicted molar refractivity (Wildman–Crippen MR) is 113 cm³/mol. The van der Waals surface area contributed by atoms with Crippen LogP contribution in [0, 0.1) is 0 Å². The molecule has 3 amide bonds. The van der Waals surface area contributed by atoms with Gasteiger partial charge in [0, 0.05) is 39.0 Å². The molecule has 0 radical (unpaired) electrons. The van der Waals surface area contributed by atoms with E-state index in [0.717, 1.165) is 6.42 Å². The summed E-state index contributed by atoms with van der Waals surface area (Å²) in [6.45, 7) is 3.96. The predicted octanol–water partition coefficient (Wildman–Crippen LogP) is -1.62. The average molecular weight is 469 g/mol. The van der Waals surface area contributed by atoms with Crippen LogP contribution in [0.4, 0.5) is 0 Å². The maximum Gasteiger partial charge on any atom is 0.234 e. The van der Waals surface area contributed by atoms with Gasteiger partial charge in [0.15, 0.2) is 0 Å². The van der Waals surface area contributed by atoms with Gasteiger partial charge in [0.05, 0.1) is 32.2 Å². The van der Waals surface area contributed by atoms with Crippen LogP contribution in [0.15, 0.2) is 0 Å². The number of nitrogens with one attached hydrogen (secondary N) is 2. The third kappa shape index (κ3) is 21.2. The maximum atomic E-state index is 11.7. The Morgan fingerprint density at radius 2 is 1.29 bits per heavy atom. The molecule has 0 unspecified atom stereocenters. The van der Waals surface area contributed by atoms with Crippen LogP contribution >= 0.6 is 0 Å². The Kier molecular flexibility index (Phi) is 17.8. The summed E-state index contributed by atoms with van der Waals surface area (Å²) in [7, 11) is -3.84. The molecule has 0 rings (SSSR count). The second kappa shape index (κ2) is 18.9. The van der Waals surface area contributed by atoms with E-state index >= 15 is 0 Å². The Balaban J connectivity index is 3.57. The molecule has 0 aliphatic heterocycles. The molecule has 0 aromatic carbocycles. The van der Waals surface area contributed by atoms with Crippen LogP contribution in [-0.4, -0.2) is 84.6 Å². The number of hydrogen-bond donors (Lipinski definition) is 4. The van der Waals surface area contributed by atoms with Crippen LogP contribution in [0.1, 0.15) is 38.5 Å². The van der Waals surface area contributed by atoms with Gasteiger partial charge in [0.1, 0.15) is 0 Å². The first-order chi connectivity index (χ1) is 14.8. The van der Waals surface area contributed by atoms with Crippen molar-refractivity contribution in [2.45, 2.75) is 38.5 Å². The van der Waals surface area contributed by atoms with Crippen molar-refractivity contribution in [2.75, 3.05) is 58.5 Å². The van der Waals surface area contributed by atoms with Crippen LogP contribution < -0.4 is 21.5 Å². The Hall–Kier alpha value is -1.80. The second-order valence-corrected chi connectivity index (χ2v) is 8.44. The Morgan fingerprint density at radius 1 is 0.742 bits per heavy atom. The third-order valence-electron chi connectivity index (χ3n) is 3.71. The van der Waals surface area contributed by atoms with Crippen molar-refractivity contribution in [2.24, 2.45) is 11.5 Å². The molecule has 13 heteroatoms. The van der Waals surface area contributed by atoms with Crippen molar-refractivity contribution in [1.82, 2.24) is 10.0 Å². The van der Waals surface area contributed by atoms with E-state index in [9.17, 15) is 22.8 Å². The summed E-state index contributed by atoms with van der Waals surface area (Å²) in [6, 6.07) is 0. The summed E-state index contributed by atoms with van der Waals surface area (Å²) in [5.74, 6) is -2.14. The smallest absolute Gasteiger partial charge is 0.234 e. The van der Waals surface area contributed by atoms with Gasteiger partial charge in [-0.15, -0.1) is 0 Å². The van der Waals surface area contributed by atoms with Crippen molar-refractivity contribution in [3.63, 3.8) is 0 Å². The molecule has 182 valence electrons. The summed E-state index contributed by atoms with van der Waals surface area (Å²) >= 11 is 0. The highest BCUT2D eigenvalue weighted by Gasteiger charge is 2.15. The van der Waals surface area contributed by atoms with E-state index in [0.29, 0.717) is 59.2 Å². The number of primary amides is 1. The lowest BCUT2D eigenvalue weighted by atomic mass is 10.3. The van der Waals surface area contributed by atoms with Gasteiger partial charge in [-0.2, -0.15) is 0 Å². The van der Waals surface area contributed by atoms with Gasteiger partial charge in [0.25, 0.3) is 0 Å². The lowest BCUT2D eigenvalue weighted by Gasteiger charge is -2.08. The molecule has 0 aliphatic carbocycles. The summed E-state index contributed by atoms with van der Waals surface area (Å²) in [5.41, 5.74) is 10.3. The summed E-state index contributed by atoms with van der Waals surface area (Å²) in [5, 5.41) is 2.63. The Bertz CT molecular complexity index is 616. The van der Waals surface area contributed by atoms with Crippen molar-refractivity contribution in [3.05, 3.63) is 0 Å². The second-order valence-electron chi connectivity index (χ2n) is 6.60. The molecular weight excluding hydrogens is 432 g/mol. The van der Waals surface area contributed by atoms with Gasteiger partial charge < -0.3 is 31.0 Å². The fourth-order valence-electron chi connectivity index (χ4n) is 2.16. The number of rotatable bonds is 21. The molecule has 0 saturated carbocycles. The van der Waals surface area contributed by atoms with Crippen molar-refractivity contribution in [1.29, 1.82) is 0 Å². The zero-order valence-corrected chi connectivity index (χ0v) is 18.8. The average Bonchev–Trinajstić information content (AvgIpc) is 2.69. The minimum absolute atomic E-state index is 0.0241. The van der Waals surface area contributed by atoms with Crippen LogP contribution in [0.3, 0.4) is 0 Å². The molecule has 0 spiro atoms. The summed E-state index contributed by atoms with van der Waals surface area (Å²) in [4.78, 5) is 33.9. The molecule has 0 fully saturated rings. The van der Waals surface area contributed by atoms with Crippen LogP contribution in [0.2, 0.25) is 0 Å². The minimum atomic E-state index is -3.84. The number of nitrogens with two attached hydrogens (primary N) is 2. The van der Waals surface area contributed by atoms with E-state index in [2.05, 4.69) is 5.32 Å². The zero-order valence-electron chi connectivity index (χ0n) is 17.9. The lowest BCUT2D eigenvalue weighted by molar-refractivity contribution is -0.125. The molecule has 0 heterocycles. The van der Waals surface area contributed by atoms with E-state index in [1.54, 1.807) is 0 Å². The fraction of sp³-hybridized carbons (Fsp3) is 0.833. The highest BCUT2D eigenvalue weighted by atomic mass is 32.2. The number of sulfonamides is 1. The normalized spacial score (nSPS) is 11.3. The molecule has 0 saturated heterocycles. The molecule has 12 nitrogen and oxygen atoms in total. The van der Waals surface area contributed by atoms with Gasteiger partial charge in [0.2, 0.25) is 27.7 Å². The molecule has 0 atom stereocenters. The largest absolute Gasteiger partial charge is 0.379 e. The Morgan fingerprint density at radius 3 is 1.87 bits per heavy atom. The van der Waals surface area contributed by atoms with E-state index < -0.39 is 21.8 Å². The zero-order chi connectivity index (χ0) is 23.4. The van der Waals surface area contributed by atoms with Crippen LogP contribution in [0.25, 0.3) is 0 Å². The highest BCUT2D eigenvalue weighted by Crippen LogP contribution is 1.97. The first-order valence-electron chi connectivity index (χ1n) is 10.3. The van der Waals surface area contributed by atoms with Crippen molar-refractivity contribution >= 4 is 27.7 Å². The van der Waals surface area contributed by atoms with Gasteiger partial charge in [-0.05, 0) is 25.8 Å². The number of amides is 3. The maximum absolute atomic E-state index is 11.7. The van der Waals surface area contributed by atoms with Gasteiger partial charge >= 0.3 is 0 Å². The first kappa shape index (κ1) is 29.2. The quantitative estimate of drug-likeness (QED) is 0.143. The minimum Gasteiger partial charge on any atom is -0.379 e. The SMILES string of the molecule is NCCCOCCOCCOCCCNC(=O)CCC(=O)NS(=O)(=O)CCCC(N)=O. The van der Waals surface area contributed by atoms with Gasteiger partial charge in [-0.25, -0.2) is 8.42 Å². The third-order valence-corrected chi connectivity index (χ3v) is 5.07. The Labute approximate surface area is 183 Å². The van der Waals surface area contributed by atoms with Crippen LogP contribution in [0.5, 0.6) is 0 Å². The lowest BCUT2D eigenvalue weighted by Crippen LogP contribution is -2.34. The first-order valence-corrected chi connectivity index (χ1v) is 11.9. The van der Waals surface area contributed by atoms with Gasteiger partial charge in [-0.1, -0.05) is 0 Å². The van der Waals surface area contributed by atoms with Crippen LogP contribution in [-0.2, 0) is 38.6 Å². The molecule has 0 aromatic heterocycles. The van der Waals surface area contributed by atoms with E-state index in [4.69, 9.17) is 25.7 Å². The fourth-order valence-corrected chi connectivity index (χ4v) is 3.23. The van der Waals surface area contributed by atoms with Crippen molar-refractivity contribution in [3.8, 4) is 0 Å². The van der Waals surface area contributed by atoms with E-state index in [-0.39, 0.29) is 37.3 Å².